The Morgan fingerprint density at radius 1 is 0.793 bits per heavy atom. The Kier molecular flexibility index (Phi) is 18.3. The van der Waals surface area contributed by atoms with Gasteiger partial charge >= 0.3 is 11.9 Å². The van der Waals surface area contributed by atoms with Gasteiger partial charge in [-0.1, -0.05) is 73.8 Å². The van der Waals surface area contributed by atoms with E-state index in [2.05, 4.69) is 60.3 Å². The zero-order valence-electron chi connectivity index (χ0n) is 18.1. The van der Waals surface area contributed by atoms with E-state index in [1.165, 1.54) is 14.0 Å². The lowest BCUT2D eigenvalue weighted by Crippen LogP contribution is -2.15. The van der Waals surface area contributed by atoms with Gasteiger partial charge in [0.2, 0.25) is 0 Å². The summed E-state index contributed by atoms with van der Waals surface area (Å²) in [4.78, 5) is 22.3. The van der Waals surface area contributed by atoms with Crippen LogP contribution in [0.5, 0.6) is 0 Å². The van der Waals surface area contributed by atoms with Gasteiger partial charge in [-0.2, -0.15) is 0 Å². The number of ether oxygens (including phenoxy) is 2. The van der Waals surface area contributed by atoms with Crippen LogP contribution in [0.3, 0.4) is 0 Å². The standard InChI is InChI=1S/C25H36O4/c1-4-5-6-7-8-9-10-11-12-13-14-15-16-17-18-19-20-24(29-23(2)26)21-22-25(27)28-3/h5-6,8-9,11-12,14-15,17-20,24H,4,7,10,13,16,21-22H2,1-3H3/b6-5-,9-8-,12-11-,15-14-,18-17-,20-19+. The summed E-state index contributed by atoms with van der Waals surface area (Å²) < 4.78 is 9.78. The van der Waals surface area contributed by atoms with Crippen molar-refractivity contribution in [2.24, 2.45) is 0 Å². The molecule has 0 fully saturated rings. The van der Waals surface area contributed by atoms with E-state index in [-0.39, 0.29) is 18.4 Å². The maximum Gasteiger partial charge on any atom is 0.305 e. The molecule has 1 atom stereocenters. The second-order valence-corrected chi connectivity index (χ2v) is 6.31. The van der Waals surface area contributed by atoms with Crippen LogP contribution in [0.15, 0.2) is 72.9 Å². The smallest absolute Gasteiger partial charge is 0.305 e. The topological polar surface area (TPSA) is 52.6 Å². The van der Waals surface area contributed by atoms with Gasteiger partial charge in [-0.15, -0.1) is 0 Å². The fraction of sp³-hybridized carbons (Fsp3) is 0.440. The van der Waals surface area contributed by atoms with Gasteiger partial charge in [-0.3, -0.25) is 9.59 Å². The van der Waals surface area contributed by atoms with Crippen molar-refractivity contribution in [3.8, 4) is 0 Å². The van der Waals surface area contributed by atoms with E-state index in [1.54, 1.807) is 6.08 Å². The lowest BCUT2D eigenvalue weighted by Gasteiger charge is -2.11. The minimum Gasteiger partial charge on any atom is -0.469 e. The lowest BCUT2D eigenvalue weighted by atomic mass is 10.2. The number of esters is 2. The van der Waals surface area contributed by atoms with Crippen LogP contribution in [0.25, 0.3) is 0 Å². The molecule has 0 aromatic rings. The van der Waals surface area contributed by atoms with Crippen LogP contribution < -0.4 is 0 Å². The molecule has 0 amide bonds. The Bertz CT molecular complexity index is 606. The molecule has 0 aliphatic carbocycles. The van der Waals surface area contributed by atoms with E-state index in [9.17, 15) is 9.59 Å². The van der Waals surface area contributed by atoms with Crippen molar-refractivity contribution < 1.29 is 19.1 Å². The van der Waals surface area contributed by atoms with Crippen LogP contribution >= 0.6 is 0 Å². The third-order valence-corrected chi connectivity index (χ3v) is 3.74. The summed E-state index contributed by atoms with van der Waals surface area (Å²) in [6.45, 7) is 3.50. The monoisotopic (exact) mass is 400 g/mol. The van der Waals surface area contributed by atoms with Crippen molar-refractivity contribution in [2.45, 2.75) is 64.9 Å². The van der Waals surface area contributed by atoms with Gasteiger partial charge in [0, 0.05) is 13.3 Å². The molecule has 0 aromatic heterocycles. The van der Waals surface area contributed by atoms with Crippen LogP contribution in [0.2, 0.25) is 0 Å². The predicted octanol–water partition coefficient (Wildman–Crippen LogP) is 6.18. The minimum atomic E-state index is -0.423. The molecule has 4 heteroatoms. The Hall–Kier alpha value is -2.62. The molecular formula is C25H36O4. The van der Waals surface area contributed by atoms with Crippen molar-refractivity contribution in [1.29, 1.82) is 0 Å². The van der Waals surface area contributed by atoms with Crippen molar-refractivity contribution in [3.63, 3.8) is 0 Å². The molecule has 0 saturated heterocycles. The van der Waals surface area contributed by atoms with Crippen LogP contribution in [0.1, 0.15) is 58.8 Å². The highest BCUT2D eigenvalue weighted by Crippen LogP contribution is 2.06. The molecule has 4 nitrogen and oxygen atoms in total. The summed E-state index contributed by atoms with van der Waals surface area (Å²) in [7, 11) is 1.34. The molecule has 0 heterocycles. The molecule has 29 heavy (non-hydrogen) atoms. The Labute approximate surface area is 176 Å². The highest BCUT2D eigenvalue weighted by Gasteiger charge is 2.10. The van der Waals surface area contributed by atoms with Gasteiger partial charge in [-0.05, 0) is 44.6 Å². The van der Waals surface area contributed by atoms with E-state index in [1.807, 2.05) is 18.2 Å². The highest BCUT2D eigenvalue weighted by atomic mass is 16.5. The summed E-state index contributed by atoms with van der Waals surface area (Å²) >= 11 is 0. The maximum atomic E-state index is 11.2. The van der Waals surface area contributed by atoms with Crippen molar-refractivity contribution in [2.75, 3.05) is 7.11 Å². The first-order valence-corrected chi connectivity index (χ1v) is 10.3. The fourth-order valence-electron chi connectivity index (χ4n) is 2.27. The van der Waals surface area contributed by atoms with E-state index >= 15 is 0 Å². The first-order chi connectivity index (χ1) is 14.1. The molecular weight excluding hydrogens is 364 g/mol. The van der Waals surface area contributed by atoms with E-state index in [0.29, 0.717) is 6.42 Å². The molecule has 0 N–H and O–H groups in total. The molecule has 0 aliphatic rings. The third-order valence-electron chi connectivity index (χ3n) is 3.74. The Balaban J connectivity index is 4.02. The Morgan fingerprint density at radius 2 is 1.31 bits per heavy atom. The summed E-state index contributed by atoms with van der Waals surface area (Å²) in [5.41, 5.74) is 0. The van der Waals surface area contributed by atoms with Gasteiger partial charge in [0.05, 0.1) is 7.11 Å². The van der Waals surface area contributed by atoms with Crippen LogP contribution in [0.4, 0.5) is 0 Å². The number of carbonyl (C=O) groups is 2. The summed E-state index contributed by atoms with van der Waals surface area (Å²) in [6.07, 6.45) is 29.9. The summed E-state index contributed by atoms with van der Waals surface area (Å²) in [5, 5.41) is 0. The van der Waals surface area contributed by atoms with E-state index < -0.39 is 6.10 Å². The molecule has 0 aromatic carbocycles. The van der Waals surface area contributed by atoms with Gasteiger partial charge < -0.3 is 9.47 Å². The molecule has 0 aliphatic heterocycles. The number of hydrogen-bond acceptors (Lipinski definition) is 4. The maximum absolute atomic E-state index is 11.2. The van der Waals surface area contributed by atoms with Gasteiger partial charge in [0.1, 0.15) is 6.10 Å². The average Bonchev–Trinajstić information content (AvgIpc) is 2.70. The zero-order chi connectivity index (χ0) is 21.6. The largest absolute Gasteiger partial charge is 0.469 e. The highest BCUT2D eigenvalue weighted by molar-refractivity contribution is 5.69. The van der Waals surface area contributed by atoms with Gasteiger partial charge in [0.25, 0.3) is 0 Å². The molecule has 160 valence electrons. The Morgan fingerprint density at radius 3 is 1.79 bits per heavy atom. The van der Waals surface area contributed by atoms with Crippen molar-refractivity contribution in [1.82, 2.24) is 0 Å². The van der Waals surface area contributed by atoms with Crippen molar-refractivity contribution >= 4 is 11.9 Å². The van der Waals surface area contributed by atoms with E-state index in [4.69, 9.17) is 4.74 Å². The molecule has 0 radical (unpaired) electrons. The summed E-state index contributed by atoms with van der Waals surface area (Å²) in [6, 6.07) is 0. The second kappa shape index (κ2) is 20.1. The molecule has 0 rings (SSSR count). The second-order valence-electron chi connectivity index (χ2n) is 6.31. The SMILES string of the molecule is CC/C=C\C/C=C\C/C=C\C/C=C\C/C=C\C=C\C(CCC(=O)OC)OC(C)=O. The first-order valence-electron chi connectivity index (χ1n) is 10.3. The van der Waals surface area contributed by atoms with Crippen LogP contribution in [0, 0.1) is 0 Å². The minimum absolute atomic E-state index is 0.213. The molecule has 0 bridgehead atoms. The molecule has 0 saturated carbocycles. The first kappa shape index (κ1) is 26.4. The van der Waals surface area contributed by atoms with E-state index in [0.717, 1.165) is 32.1 Å². The predicted molar refractivity (Wildman–Crippen MR) is 120 cm³/mol. The summed E-state index contributed by atoms with van der Waals surface area (Å²) in [5.74, 6) is -0.682. The molecule has 0 spiro atoms. The van der Waals surface area contributed by atoms with Gasteiger partial charge in [0.15, 0.2) is 0 Å². The number of hydrogen-bond donors (Lipinski definition) is 0. The molecule has 1 unspecified atom stereocenters. The van der Waals surface area contributed by atoms with Crippen LogP contribution in [-0.4, -0.2) is 25.2 Å². The quantitative estimate of drug-likeness (QED) is 0.187. The number of methoxy groups -OCH3 is 1. The zero-order valence-corrected chi connectivity index (χ0v) is 18.1. The van der Waals surface area contributed by atoms with Crippen LogP contribution in [-0.2, 0) is 19.1 Å². The van der Waals surface area contributed by atoms with Gasteiger partial charge in [-0.25, -0.2) is 0 Å². The number of rotatable bonds is 15. The average molecular weight is 401 g/mol. The number of carbonyl (C=O) groups excluding carboxylic acids is 2. The lowest BCUT2D eigenvalue weighted by molar-refractivity contribution is -0.147. The normalized spacial score (nSPS) is 13.6. The fourth-order valence-corrected chi connectivity index (χ4v) is 2.27. The third kappa shape index (κ3) is 19.9. The number of allylic oxidation sites excluding steroid dienone is 11. The van der Waals surface area contributed by atoms with Crippen molar-refractivity contribution in [3.05, 3.63) is 72.9 Å².